The molecule has 196 valence electrons. The number of aromatic nitrogens is 6. The molecule has 1 N–H and O–H groups in total. The van der Waals surface area contributed by atoms with Crippen molar-refractivity contribution in [1.82, 2.24) is 34.5 Å². The number of halogens is 4. The van der Waals surface area contributed by atoms with Gasteiger partial charge < -0.3 is 15.0 Å². The number of amides is 1. The lowest BCUT2D eigenvalue weighted by Crippen LogP contribution is -2.49. The molecule has 3 aromatic heterocycles. The minimum atomic E-state index is -4.51. The van der Waals surface area contributed by atoms with E-state index in [0.29, 0.717) is 22.2 Å². The van der Waals surface area contributed by atoms with Crippen LogP contribution in [0.1, 0.15) is 30.4 Å². The smallest absolute Gasteiger partial charge is 0.410 e. The summed E-state index contributed by atoms with van der Waals surface area (Å²) in [7, 11) is 1.38. The summed E-state index contributed by atoms with van der Waals surface area (Å²) in [6.45, 7) is -2.19. The van der Waals surface area contributed by atoms with Gasteiger partial charge in [0.25, 0.3) is 0 Å². The van der Waals surface area contributed by atoms with Gasteiger partial charge >= 0.3 is 6.18 Å². The van der Waals surface area contributed by atoms with E-state index in [1.54, 1.807) is 30.5 Å². The van der Waals surface area contributed by atoms with E-state index in [9.17, 15) is 22.4 Å². The van der Waals surface area contributed by atoms with E-state index in [-0.39, 0.29) is 36.9 Å². The van der Waals surface area contributed by atoms with E-state index in [4.69, 9.17) is 8.85 Å². The first-order valence-corrected chi connectivity index (χ1v) is 11.3. The van der Waals surface area contributed by atoms with Gasteiger partial charge in [-0.1, -0.05) is 11.3 Å². The molecule has 14 heteroatoms. The van der Waals surface area contributed by atoms with E-state index in [2.05, 4.69) is 25.7 Å². The van der Waals surface area contributed by atoms with Crippen molar-refractivity contribution < 1.29 is 31.2 Å². The summed E-state index contributed by atoms with van der Waals surface area (Å²) >= 11 is 0. The van der Waals surface area contributed by atoms with Crippen molar-refractivity contribution >= 4 is 28.4 Å². The fourth-order valence-electron chi connectivity index (χ4n) is 4.37. The number of ether oxygens (including phenoxy) is 1. The molecule has 1 aromatic carbocycles. The van der Waals surface area contributed by atoms with Gasteiger partial charge in [-0.15, -0.1) is 10.2 Å². The summed E-state index contributed by atoms with van der Waals surface area (Å²) < 4.78 is 84.5. The summed E-state index contributed by atoms with van der Waals surface area (Å²) in [5.41, 5.74) is 2.02. The van der Waals surface area contributed by atoms with E-state index in [1.807, 2.05) is 0 Å². The largest absolute Gasteiger partial charge is 0.479 e. The number of nitrogens with one attached hydrogen (secondary N) is 1. The highest BCUT2D eigenvalue weighted by molar-refractivity contribution is 5.89. The molecule has 0 unspecified atom stereocenters. The van der Waals surface area contributed by atoms with Crippen LogP contribution in [0.25, 0.3) is 27.7 Å². The van der Waals surface area contributed by atoms with Crippen LogP contribution >= 0.6 is 0 Å². The lowest BCUT2D eigenvalue weighted by Gasteiger charge is -2.34. The normalized spacial score (nSPS) is 20.9. The molecule has 1 saturated heterocycles. The zero-order chi connectivity index (χ0) is 29.0. The maximum atomic E-state index is 14.9. The first-order valence-electron chi connectivity index (χ1n) is 12.8. The number of fused-ring (bicyclic) bond motifs is 2. The number of carbonyl (C=O) groups is 1. The number of benzene rings is 1. The van der Waals surface area contributed by atoms with E-state index in [1.165, 1.54) is 11.6 Å². The lowest BCUT2D eigenvalue weighted by molar-refractivity contribution is -0.164. The Morgan fingerprint density at radius 1 is 1.32 bits per heavy atom. The number of methoxy groups -OCH3 is 1. The summed E-state index contributed by atoms with van der Waals surface area (Å²) in [5, 5.41) is 14.8. The van der Waals surface area contributed by atoms with Gasteiger partial charge in [0.05, 0.1) is 25.2 Å². The molecule has 1 aliphatic rings. The van der Waals surface area contributed by atoms with E-state index < -0.39 is 37.2 Å². The molecule has 3 atom stereocenters. The predicted octanol–water partition coefficient (Wildman–Crippen LogP) is 3.64. The Hall–Kier alpha value is -3.97. The van der Waals surface area contributed by atoms with Crippen LogP contribution < -0.4 is 10.1 Å². The third-order valence-electron chi connectivity index (χ3n) is 6.44. The van der Waals surface area contributed by atoms with Crippen LogP contribution in [0.2, 0.25) is 0 Å². The zero-order valence-corrected chi connectivity index (χ0v) is 19.7. The van der Waals surface area contributed by atoms with Gasteiger partial charge in [-0.3, -0.25) is 4.79 Å². The third kappa shape index (κ3) is 4.51. The highest BCUT2D eigenvalue weighted by atomic mass is 19.4. The Labute approximate surface area is 212 Å². The fourth-order valence-corrected chi connectivity index (χ4v) is 4.37. The van der Waals surface area contributed by atoms with E-state index in [0.717, 1.165) is 16.5 Å². The number of piperidine rings is 1. The summed E-state index contributed by atoms with van der Waals surface area (Å²) in [4.78, 5) is 17.3. The van der Waals surface area contributed by atoms with Crippen LogP contribution in [0, 0.1) is 0 Å². The summed E-state index contributed by atoms with van der Waals surface area (Å²) in [5.74, 6) is -0.942. The number of likely N-dealkylation sites (tertiary alicyclic amines) is 1. The summed E-state index contributed by atoms with van der Waals surface area (Å²) in [6, 6.07) is 3.81. The molecule has 0 bridgehead atoms. The molecule has 4 heterocycles. The molecule has 37 heavy (non-hydrogen) atoms. The second kappa shape index (κ2) is 9.16. The quantitative estimate of drug-likeness (QED) is 0.399. The van der Waals surface area contributed by atoms with Crippen LogP contribution in [0.15, 0.2) is 30.5 Å². The Morgan fingerprint density at radius 3 is 2.84 bits per heavy atom. The van der Waals surface area contributed by atoms with Crippen LogP contribution in [0.4, 0.5) is 23.5 Å². The molecule has 1 amide bonds. The number of alkyl halides is 4. The van der Waals surface area contributed by atoms with E-state index >= 15 is 0 Å². The SMILES string of the molecule is [2H]C([2H])([2H])C(=O)N1CC[C@H](Nc2nc(OC)c3c(-c4ccc5nnn([C@H](C)C(F)(F)F)c5c4)ccn3n2)[C@H](F)C1. The third-order valence-corrected chi connectivity index (χ3v) is 6.44. The molecule has 0 radical (unpaired) electrons. The van der Waals surface area contributed by atoms with Crippen molar-refractivity contribution in [3.63, 3.8) is 0 Å². The number of anilines is 1. The van der Waals surface area contributed by atoms with Crippen molar-refractivity contribution in [2.24, 2.45) is 0 Å². The van der Waals surface area contributed by atoms with Crippen LogP contribution in [0.5, 0.6) is 5.88 Å². The van der Waals surface area contributed by atoms with Gasteiger partial charge in [0.1, 0.15) is 23.2 Å². The van der Waals surface area contributed by atoms with Crippen molar-refractivity contribution in [2.75, 3.05) is 25.5 Å². The highest BCUT2D eigenvalue weighted by Gasteiger charge is 2.39. The molecular weight excluding hydrogens is 496 g/mol. The molecule has 0 saturated carbocycles. The number of rotatable bonds is 5. The Kier molecular flexibility index (Phi) is 5.23. The molecule has 5 rings (SSSR count). The van der Waals surface area contributed by atoms with Crippen molar-refractivity contribution in [2.45, 2.75) is 44.6 Å². The molecule has 1 fully saturated rings. The number of nitrogens with zero attached hydrogens (tertiary/aromatic N) is 7. The minimum Gasteiger partial charge on any atom is -0.479 e. The standard InChI is InChI=1S/C23H24F4N8O2/c1-12(23(25,26)27)35-19-10-14(4-5-18(19)30-32-35)15-6-9-34-20(15)21(37-3)29-22(31-34)28-17-7-8-33(13(2)36)11-16(17)24/h4-6,9-10,12,16-17H,7-8,11H2,1-3H3,(H,28,31)/t12-,16-,17+/m1/s1/i2D3. The zero-order valence-electron chi connectivity index (χ0n) is 22.7. The van der Waals surface area contributed by atoms with Gasteiger partial charge in [0.15, 0.2) is 0 Å². The number of hydrogen-bond donors (Lipinski definition) is 1. The van der Waals surface area contributed by atoms with Crippen molar-refractivity contribution in [3.05, 3.63) is 30.5 Å². The Balaban J connectivity index is 1.43. The monoisotopic (exact) mass is 523 g/mol. The second-order valence-electron chi connectivity index (χ2n) is 8.73. The number of hydrogen-bond acceptors (Lipinski definition) is 7. The number of carbonyl (C=O) groups excluding carboxylic acids is 1. The first-order chi connectivity index (χ1) is 18.8. The molecule has 0 spiro atoms. The molecule has 1 aliphatic heterocycles. The van der Waals surface area contributed by atoms with Gasteiger partial charge in [0, 0.05) is 29.3 Å². The lowest BCUT2D eigenvalue weighted by atomic mass is 10.0. The van der Waals surface area contributed by atoms with Crippen molar-refractivity contribution in [3.8, 4) is 17.0 Å². The van der Waals surface area contributed by atoms with Crippen LogP contribution in [-0.2, 0) is 4.79 Å². The van der Waals surface area contributed by atoms with Gasteiger partial charge in [0.2, 0.25) is 17.7 Å². The minimum absolute atomic E-state index is 0.0338. The summed E-state index contributed by atoms with van der Waals surface area (Å²) in [6.07, 6.45) is -4.36. The maximum absolute atomic E-state index is 14.9. The van der Waals surface area contributed by atoms with Gasteiger partial charge in [-0.05, 0) is 37.1 Å². The average Bonchev–Trinajstić information content (AvgIpc) is 3.51. The Bertz CT molecular complexity index is 1570. The Morgan fingerprint density at radius 2 is 2.14 bits per heavy atom. The van der Waals surface area contributed by atoms with Crippen LogP contribution in [-0.4, -0.2) is 79.0 Å². The topological polar surface area (TPSA) is 102 Å². The predicted molar refractivity (Wildman–Crippen MR) is 126 cm³/mol. The molecular formula is C23H24F4N8O2. The van der Waals surface area contributed by atoms with Gasteiger partial charge in [-0.25, -0.2) is 13.6 Å². The van der Waals surface area contributed by atoms with Crippen LogP contribution in [0.3, 0.4) is 0 Å². The average molecular weight is 524 g/mol. The highest BCUT2D eigenvalue weighted by Crippen LogP contribution is 2.35. The van der Waals surface area contributed by atoms with Crippen molar-refractivity contribution in [1.29, 1.82) is 0 Å². The first kappa shape index (κ1) is 21.1. The molecule has 0 aliphatic carbocycles. The molecule has 10 nitrogen and oxygen atoms in total. The second-order valence-corrected chi connectivity index (χ2v) is 8.73. The fraction of sp³-hybridized carbons (Fsp3) is 0.435. The molecule has 4 aromatic rings. The van der Waals surface area contributed by atoms with Gasteiger partial charge in [-0.2, -0.15) is 18.2 Å². The maximum Gasteiger partial charge on any atom is 0.410 e.